The zero-order chi connectivity index (χ0) is 10.6. The SMILES string of the molecule is NC[C@H](O)CN1CCN(C(=O)O)CC1. The number of hydrogen-bond donors (Lipinski definition) is 3. The molecule has 1 saturated heterocycles. The normalized spacial score (nSPS) is 20.9. The smallest absolute Gasteiger partial charge is 0.407 e. The van der Waals surface area contributed by atoms with Crippen molar-refractivity contribution in [1.29, 1.82) is 0 Å². The summed E-state index contributed by atoms with van der Waals surface area (Å²) >= 11 is 0. The van der Waals surface area contributed by atoms with Crippen molar-refractivity contribution in [3.63, 3.8) is 0 Å². The molecule has 0 aliphatic carbocycles. The first-order chi connectivity index (χ1) is 6.63. The van der Waals surface area contributed by atoms with E-state index in [-0.39, 0.29) is 6.54 Å². The van der Waals surface area contributed by atoms with Crippen molar-refractivity contribution in [3.8, 4) is 0 Å². The number of rotatable bonds is 3. The minimum atomic E-state index is -0.871. The van der Waals surface area contributed by atoms with Gasteiger partial charge in [0.25, 0.3) is 0 Å². The molecule has 1 heterocycles. The second kappa shape index (κ2) is 5.14. The summed E-state index contributed by atoms with van der Waals surface area (Å²) in [4.78, 5) is 14.0. The average Bonchev–Trinajstić information content (AvgIpc) is 2.18. The van der Waals surface area contributed by atoms with Gasteiger partial charge in [0.2, 0.25) is 0 Å². The van der Waals surface area contributed by atoms with Crippen molar-refractivity contribution < 1.29 is 15.0 Å². The molecule has 0 unspecified atom stereocenters. The molecular formula is C8H17N3O3. The van der Waals surface area contributed by atoms with Crippen LogP contribution in [0, 0.1) is 0 Å². The van der Waals surface area contributed by atoms with Gasteiger partial charge in [-0.25, -0.2) is 4.79 Å². The molecule has 1 aliphatic heterocycles. The Kier molecular flexibility index (Phi) is 4.12. The van der Waals surface area contributed by atoms with E-state index < -0.39 is 12.2 Å². The van der Waals surface area contributed by atoms with E-state index in [9.17, 15) is 9.90 Å². The zero-order valence-corrected chi connectivity index (χ0v) is 8.09. The van der Waals surface area contributed by atoms with E-state index in [1.807, 2.05) is 4.90 Å². The molecule has 1 atom stereocenters. The van der Waals surface area contributed by atoms with Crippen molar-refractivity contribution >= 4 is 6.09 Å². The molecule has 0 bridgehead atoms. The first-order valence-corrected chi connectivity index (χ1v) is 4.72. The van der Waals surface area contributed by atoms with Crippen molar-refractivity contribution in [2.75, 3.05) is 39.3 Å². The molecule has 82 valence electrons. The second-order valence-electron chi connectivity index (χ2n) is 3.46. The predicted molar refractivity (Wildman–Crippen MR) is 51.1 cm³/mol. The van der Waals surface area contributed by atoms with Gasteiger partial charge in [-0.2, -0.15) is 0 Å². The van der Waals surface area contributed by atoms with Crippen LogP contribution >= 0.6 is 0 Å². The maximum atomic E-state index is 10.6. The van der Waals surface area contributed by atoms with Crippen LogP contribution in [0.1, 0.15) is 0 Å². The summed E-state index contributed by atoms with van der Waals surface area (Å²) in [6, 6.07) is 0. The van der Waals surface area contributed by atoms with Crippen molar-refractivity contribution in [2.24, 2.45) is 5.73 Å². The summed E-state index contributed by atoms with van der Waals surface area (Å²) in [6.07, 6.45) is -1.38. The molecular weight excluding hydrogens is 186 g/mol. The third kappa shape index (κ3) is 3.13. The number of aliphatic hydroxyl groups is 1. The van der Waals surface area contributed by atoms with E-state index in [1.54, 1.807) is 0 Å². The summed E-state index contributed by atoms with van der Waals surface area (Å²) in [5.41, 5.74) is 5.28. The fraction of sp³-hybridized carbons (Fsp3) is 0.875. The Hall–Kier alpha value is -0.850. The number of hydrogen-bond acceptors (Lipinski definition) is 4. The Balaban J connectivity index is 2.25. The van der Waals surface area contributed by atoms with Gasteiger partial charge >= 0.3 is 6.09 Å². The lowest BCUT2D eigenvalue weighted by Crippen LogP contribution is -2.50. The van der Waals surface area contributed by atoms with Gasteiger partial charge in [0.05, 0.1) is 6.10 Å². The minimum absolute atomic E-state index is 0.249. The topological polar surface area (TPSA) is 90.0 Å². The Labute approximate surface area is 82.9 Å². The van der Waals surface area contributed by atoms with Gasteiger partial charge in [0.15, 0.2) is 0 Å². The lowest BCUT2D eigenvalue weighted by atomic mass is 10.2. The average molecular weight is 203 g/mol. The number of carboxylic acid groups (broad SMARTS) is 1. The van der Waals surface area contributed by atoms with Crippen LogP contribution in [0.25, 0.3) is 0 Å². The number of β-amino-alcohol motifs (C(OH)–C–C–N with tert-alkyl or cyclic N) is 1. The molecule has 0 aromatic carbocycles. The van der Waals surface area contributed by atoms with Crippen LogP contribution in [0.2, 0.25) is 0 Å². The van der Waals surface area contributed by atoms with Gasteiger partial charge in [-0.1, -0.05) is 0 Å². The third-order valence-corrected chi connectivity index (χ3v) is 2.38. The fourth-order valence-corrected chi connectivity index (χ4v) is 1.49. The Morgan fingerprint density at radius 2 is 1.93 bits per heavy atom. The second-order valence-corrected chi connectivity index (χ2v) is 3.46. The van der Waals surface area contributed by atoms with E-state index >= 15 is 0 Å². The number of nitrogens with zero attached hydrogens (tertiary/aromatic N) is 2. The summed E-state index contributed by atoms with van der Waals surface area (Å²) in [5, 5.41) is 18.0. The van der Waals surface area contributed by atoms with Crippen LogP contribution in [-0.4, -0.2) is 71.5 Å². The van der Waals surface area contributed by atoms with Gasteiger partial charge in [-0.15, -0.1) is 0 Å². The fourth-order valence-electron chi connectivity index (χ4n) is 1.49. The van der Waals surface area contributed by atoms with Crippen LogP contribution in [0.5, 0.6) is 0 Å². The molecule has 6 nitrogen and oxygen atoms in total. The molecule has 6 heteroatoms. The highest BCUT2D eigenvalue weighted by molar-refractivity contribution is 5.65. The summed E-state index contributed by atoms with van der Waals surface area (Å²) in [6.45, 7) is 3.13. The van der Waals surface area contributed by atoms with Gasteiger partial charge in [0.1, 0.15) is 0 Å². The quantitative estimate of drug-likeness (QED) is 0.525. The summed E-state index contributed by atoms with van der Waals surface area (Å²) < 4.78 is 0. The van der Waals surface area contributed by atoms with Gasteiger partial charge in [0, 0.05) is 39.3 Å². The maximum Gasteiger partial charge on any atom is 0.407 e. The number of amides is 1. The number of piperazine rings is 1. The molecule has 1 amide bonds. The van der Waals surface area contributed by atoms with Crippen LogP contribution in [0.15, 0.2) is 0 Å². The Morgan fingerprint density at radius 1 is 1.36 bits per heavy atom. The highest BCUT2D eigenvalue weighted by Gasteiger charge is 2.21. The number of nitrogens with two attached hydrogens (primary N) is 1. The largest absolute Gasteiger partial charge is 0.465 e. The summed E-state index contributed by atoms with van der Waals surface area (Å²) in [7, 11) is 0. The van der Waals surface area contributed by atoms with Crippen LogP contribution in [0.3, 0.4) is 0 Å². The van der Waals surface area contributed by atoms with E-state index in [0.717, 1.165) is 0 Å². The maximum absolute atomic E-state index is 10.6. The molecule has 0 aromatic heterocycles. The zero-order valence-electron chi connectivity index (χ0n) is 8.09. The van der Waals surface area contributed by atoms with Crippen molar-refractivity contribution in [3.05, 3.63) is 0 Å². The molecule has 0 radical (unpaired) electrons. The summed E-state index contributed by atoms with van der Waals surface area (Å²) in [5.74, 6) is 0. The number of carbonyl (C=O) groups is 1. The lowest BCUT2D eigenvalue weighted by Gasteiger charge is -2.33. The van der Waals surface area contributed by atoms with E-state index in [4.69, 9.17) is 10.8 Å². The van der Waals surface area contributed by atoms with E-state index in [2.05, 4.69) is 0 Å². The molecule has 0 spiro atoms. The van der Waals surface area contributed by atoms with Crippen LogP contribution < -0.4 is 5.73 Å². The predicted octanol–water partition coefficient (Wildman–Crippen LogP) is -1.40. The third-order valence-electron chi connectivity index (χ3n) is 2.38. The first kappa shape index (κ1) is 11.2. The van der Waals surface area contributed by atoms with Crippen molar-refractivity contribution in [1.82, 2.24) is 9.80 Å². The lowest BCUT2D eigenvalue weighted by molar-refractivity contribution is 0.0728. The van der Waals surface area contributed by atoms with Gasteiger partial charge in [-0.05, 0) is 0 Å². The molecule has 1 aliphatic rings. The number of aliphatic hydroxyl groups excluding tert-OH is 1. The Morgan fingerprint density at radius 3 is 2.36 bits per heavy atom. The highest BCUT2D eigenvalue weighted by Crippen LogP contribution is 2.02. The minimum Gasteiger partial charge on any atom is -0.465 e. The molecule has 0 aromatic rings. The first-order valence-electron chi connectivity index (χ1n) is 4.72. The standard InChI is InChI=1S/C8H17N3O3/c9-5-7(12)6-10-1-3-11(4-2-10)8(13)14/h7,12H,1-6,9H2,(H,13,14)/t7-/m0/s1. The van der Waals surface area contributed by atoms with Gasteiger partial charge in [-0.3, -0.25) is 4.90 Å². The highest BCUT2D eigenvalue weighted by atomic mass is 16.4. The van der Waals surface area contributed by atoms with Crippen LogP contribution in [0.4, 0.5) is 4.79 Å². The molecule has 1 rings (SSSR count). The van der Waals surface area contributed by atoms with Gasteiger partial charge < -0.3 is 20.8 Å². The van der Waals surface area contributed by atoms with Crippen molar-refractivity contribution in [2.45, 2.75) is 6.10 Å². The van der Waals surface area contributed by atoms with E-state index in [1.165, 1.54) is 4.90 Å². The molecule has 0 saturated carbocycles. The monoisotopic (exact) mass is 203 g/mol. The Bertz CT molecular complexity index is 192. The van der Waals surface area contributed by atoms with E-state index in [0.29, 0.717) is 32.7 Å². The molecule has 1 fully saturated rings. The van der Waals surface area contributed by atoms with Crippen LogP contribution in [-0.2, 0) is 0 Å². The molecule has 4 N–H and O–H groups in total. The molecule has 14 heavy (non-hydrogen) atoms.